The molecule has 0 atom stereocenters. The summed E-state index contributed by atoms with van der Waals surface area (Å²) < 4.78 is 9.20. The smallest absolute Gasteiger partial charge is 0.159 e. The van der Waals surface area contributed by atoms with Gasteiger partial charge in [0.2, 0.25) is 0 Å². The van der Waals surface area contributed by atoms with Crippen molar-refractivity contribution in [1.29, 1.82) is 0 Å². The molecule has 0 saturated heterocycles. The number of hydrogen-bond donors (Lipinski definition) is 0. The van der Waals surface area contributed by atoms with Gasteiger partial charge in [0.05, 0.1) is 11.2 Å². The van der Waals surface area contributed by atoms with Crippen LogP contribution in [-0.4, -0.2) is 9.55 Å². The zero-order valence-electron chi connectivity index (χ0n) is 24.8. The highest BCUT2D eigenvalue weighted by molar-refractivity contribution is 6.22. The number of nitrogens with zero attached hydrogens (tertiary/aromatic N) is 2. The number of imidazole rings is 1. The summed E-state index contributed by atoms with van der Waals surface area (Å²) in [6, 6.07) is 56.0. The maximum absolute atomic E-state index is 6.91. The van der Waals surface area contributed by atoms with Gasteiger partial charge in [0.1, 0.15) is 11.3 Å². The van der Waals surface area contributed by atoms with Gasteiger partial charge in [-0.2, -0.15) is 0 Å². The summed E-state index contributed by atoms with van der Waals surface area (Å²) in [5.74, 6) is 2.56. The second-order valence-corrected chi connectivity index (χ2v) is 11.9. The van der Waals surface area contributed by atoms with Gasteiger partial charge in [0.25, 0.3) is 0 Å². The number of fused-ring (bicyclic) bond motifs is 5. The zero-order chi connectivity index (χ0) is 30.2. The number of ether oxygens (including phenoxy) is 1. The largest absolute Gasteiger partial charge is 0.452 e. The van der Waals surface area contributed by atoms with Crippen LogP contribution in [0.15, 0.2) is 158 Å². The van der Waals surface area contributed by atoms with Crippen LogP contribution in [0.3, 0.4) is 0 Å². The van der Waals surface area contributed by atoms with Gasteiger partial charge in [-0.3, -0.25) is 4.57 Å². The highest BCUT2D eigenvalue weighted by atomic mass is 16.5. The molecule has 3 heteroatoms. The van der Waals surface area contributed by atoms with Crippen LogP contribution < -0.4 is 4.74 Å². The van der Waals surface area contributed by atoms with Crippen LogP contribution >= 0.6 is 0 Å². The van der Waals surface area contributed by atoms with E-state index in [4.69, 9.17) is 9.72 Å². The minimum atomic E-state index is 0.812. The topological polar surface area (TPSA) is 27.1 Å². The van der Waals surface area contributed by atoms with Crippen molar-refractivity contribution in [2.45, 2.75) is 0 Å². The van der Waals surface area contributed by atoms with Gasteiger partial charge in [0, 0.05) is 16.7 Å². The van der Waals surface area contributed by atoms with E-state index in [1.807, 2.05) is 6.07 Å². The standard InChI is InChI=1S/C43H26N2O/c1-2-13-28(14-3-1)39-31-16-6-8-18-33(31)40(34-19-9-7-17-32(34)39)35-20-10-22-37-42(35)46-38-23-11-21-36-41(38)45(37)43(44-36)30-25-24-27-12-4-5-15-29(27)26-30/h1-26H. The van der Waals surface area contributed by atoms with Crippen molar-refractivity contribution >= 4 is 43.4 Å². The summed E-state index contributed by atoms with van der Waals surface area (Å²) in [5.41, 5.74) is 8.66. The van der Waals surface area contributed by atoms with Crippen molar-refractivity contribution in [3.05, 3.63) is 158 Å². The van der Waals surface area contributed by atoms with E-state index in [2.05, 4.69) is 156 Å². The van der Waals surface area contributed by atoms with Gasteiger partial charge < -0.3 is 4.74 Å². The fourth-order valence-corrected chi connectivity index (χ4v) is 7.38. The Morgan fingerprint density at radius 1 is 0.478 bits per heavy atom. The van der Waals surface area contributed by atoms with Crippen molar-refractivity contribution in [1.82, 2.24) is 9.55 Å². The van der Waals surface area contributed by atoms with E-state index in [0.29, 0.717) is 0 Å². The van der Waals surface area contributed by atoms with Gasteiger partial charge >= 0.3 is 0 Å². The van der Waals surface area contributed by atoms with Crippen LogP contribution in [0.2, 0.25) is 0 Å². The van der Waals surface area contributed by atoms with Gasteiger partial charge in [-0.1, -0.05) is 133 Å². The summed E-state index contributed by atoms with van der Waals surface area (Å²) in [5, 5.41) is 7.24. The Labute approximate surface area is 265 Å². The average molecular weight is 587 g/mol. The molecule has 0 unspecified atom stereocenters. The number of benzene rings is 8. The Balaban J connectivity index is 1.29. The molecule has 1 aliphatic heterocycles. The minimum Gasteiger partial charge on any atom is -0.452 e. The maximum Gasteiger partial charge on any atom is 0.159 e. The molecule has 0 amide bonds. The maximum atomic E-state index is 6.91. The lowest BCUT2D eigenvalue weighted by Crippen LogP contribution is -2.07. The fourth-order valence-electron chi connectivity index (χ4n) is 7.38. The molecule has 2 heterocycles. The van der Waals surface area contributed by atoms with Crippen molar-refractivity contribution in [3.8, 4) is 50.8 Å². The molecule has 3 nitrogen and oxygen atoms in total. The Kier molecular flexibility index (Phi) is 5.28. The predicted molar refractivity (Wildman–Crippen MR) is 190 cm³/mol. The van der Waals surface area contributed by atoms with Crippen LogP contribution in [0, 0.1) is 0 Å². The Morgan fingerprint density at radius 3 is 1.89 bits per heavy atom. The first-order chi connectivity index (χ1) is 22.8. The Morgan fingerprint density at radius 2 is 1.13 bits per heavy atom. The van der Waals surface area contributed by atoms with Crippen molar-refractivity contribution in [3.63, 3.8) is 0 Å². The van der Waals surface area contributed by atoms with Gasteiger partial charge in [-0.05, 0) is 67.7 Å². The molecule has 0 fully saturated rings. The molecule has 1 aliphatic rings. The molecule has 8 aromatic carbocycles. The summed E-state index contributed by atoms with van der Waals surface area (Å²) in [6.07, 6.45) is 0. The minimum absolute atomic E-state index is 0.812. The van der Waals surface area contributed by atoms with E-state index >= 15 is 0 Å². The lowest BCUT2D eigenvalue weighted by Gasteiger charge is -2.25. The monoisotopic (exact) mass is 586 g/mol. The highest BCUT2D eigenvalue weighted by Crippen LogP contribution is 2.51. The van der Waals surface area contributed by atoms with Gasteiger partial charge in [0.15, 0.2) is 11.5 Å². The van der Waals surface area contributed by atoms with E-state index in [1.54, 1.807) is 0 Å². The average Bonchev–Trinajstić information content (AvgIpc) is 3.52. The molecule has 46 heavy (non-hydrogen) atoms. The van der Waals surface area contributed by atoms with E-state index < -0.39 is 0 Å². The fraction of sp³-hybridized carbons (Fsp3) is 0. The van der Waals surface area contributed by atoms with Crippen LogP contribution in [0.1, 0.15) is 0 Å². The quantitative estimate of drug-likeness (QED) is 0.193. The molecule has 0 spiro atoms. The molecule has 0 bridgehead atoms. The van der Waals surface area contributed by atoms with Gasteiger partial charge in [-0.15, -0.1) is 0 Å². The van der Waals surface area contributed by atoms with E-state index in [1.165, 1.54) is 49.0 Å². The van der Waals surface area contributed by atoms with Crippen molar-refractivity contribution < 1.29 is 4.74 Å². The molecule has 0 saturated carbocycles. The zero-order valence-corrected chi connectivity index (χ0v) is 24.8. The molecule has 9 aromatic rings. The van der Waals surface area contributed by atoms with Crippen LogP contribution in [-0.2, 0) is 0 Å². The number of aromatic nitrogens is 2. The Hall–Kier alpha value is -6.19. The molecule has 1 aromatic heterocycles. The van der Waals surface area contributed by atoms with Crippen molar-refractivity contribution in [2.24, 2.45) is 0 Å². The lowest BCUT2D eigenvalue weighted by atomic mass is 9.85. The number of rotatable bonds is 3. The molecule has 0 aliphatic carbocycles. The number of para-hydroxylation sites is 2. The second-order valence-electron chi connectivity index (χ2n) is 11.9. The molecule has 0 N–H and O–H groups in total. The SMILES string of the molecule is c1ccc(-c2c3ccccc3c(-c3cccc4c3Oc3cccc5nc(-c6ccc7ccccc7c6)n-4c35)c3ccccc23)cc1. The van der Waals surface area contributed by atoms with Crippen molar-refractivity contribution in [2.75, 3.05) is 0 Å². The first-order valence-electron chi connectivity index (χ1n) is 15.6. The van der Waals surface area contributed by atoms with Crippen LogP contribution in [0.4, 0.5) is 0 Å². The summed E-state index contributed by atoms with van der Waals surface area (Å²) in [4.78, 5) is 5.19. The highest BCUT2D eigenvalue weighted by Gasteiger charge is 2.28. The molecule has 0 radical (unpaired) electrons. The molecular formula is C43H26N2O. The predicted octanol–water partition coefficient (Wildman–Crippen LogP) is 11.6. The molecule has 214 valence electrons. The third kappa shape index (κ3) is 3.57. The third-order valence-corrected chi connectivity index (χ3v) is 9.36. The normalized spacial score (nSPS) is 12.1. The van der Waals surface area contributed by atoms with E-state index in [9.17, 15) is 0 Å². The summed E-state index contributed by atoms with van der Waals surface area (Å²) >= 11 is 0. The molecule has 10 rings (SSSR count). The summed E-state index contributed by atoms with van der Waals surface area (Å²) in [7, 11) is 0. The van der Waals surface area contributed by atoms with Gasteiger partial charge in [-0.25, -0.2) is 4.98 Å². The first-order valence-corrected chi connectivity index (χ1v) is 15.6. The lowest BCUT2D eigenvalue weighted by molar-refractivity contribution is 0.478. The first kappa shape index (κ1) is 25.2. The van der Waals surface area contributed by atoms with Crippen LogP contribution in [0.5, 0.6) is 11.5 Å². The second kappa shape index (κ2) is 9.65. The number of hydrogen-bond acceptors (Lipinski definition) is 2. The third-order valence-electron chi connectivity index (χ3n) is 9.36. The Bertz CT molecular complexity index is 2610. The summed E-state index contributed by atoms with van der Waals surface area (Å²) in [6.45, 7) is 0. The van der Waals surface area contributed by atoms with E-state index in [0.717, 1.165) is 45.2 Å². The molecular weight excluding hydrogens is 560 g/mol. The van der Waals surface area contributed by atoms with E-state index in [-0.39, 0.29) is 0 Å². The van der Waals surface area contributed by atoms with Crippen LogP contribution in [0.25, 0.3) is 82.7 Å².